The van der Waals surface area contributed by atoms with Crippen LogP contribution in [0.5, 0.6) is 0 Å². The highest BCUT2D eigenvalue weighted by atomic mass is 15.1. The smallest absolute Gasteiger partial charge is 0.0337 e. The lowest BCUT2D eigenvalue weighted by Gasteiger charge is -2.16. The van der Waals surface area contributed by atoms with E-state index in [0.717, 1.165) is 6.04 Å². The summed E-state index contributed by atoms with van der Waals surface area (Å²) in [7, 11) is 0. The Balaban J connectivity index is 2.02. The second-order valence-corrected chi connectivity index (χ2v) is 5.63. The average molecular weight is 254 g/mol. The van der Waals surface area contributed by atoms with Gasteiger partial charge < -0.3 is 10.3 Å². The molecule has 1 fully saturated rings. The fourth-order valence-electron chi connectivity index (χ4n) is 3.18. The summed E-state index contributed by atoms with van der Waals surface area (Å²) in [5.74, 6) is 0.319. The Hall–Kier alpha value is -1.54. The molecule has 2 nitrogen and oxygen atoms in total. The van der Waals surface area contributed by atoms with E-state index in [1.807, 2.05) is 0 Å². The van der Waals surface area contributed by atoms with Gasteiger partial charge in [-0.2, -0.15) is 0 Å². The summed E-state index contributed by atoms with van der Waals surface area (Å²) in [4.78, 5) is 0. The van der Waals surface area contributed by atoms with Crippen molar-refractivity contribution in [1.29, 1.82) is 0 Å². The third-order valence-corrected chi connectivity index (χ3v) is 4.25. The summed E-state index contributed by atoms with van der Waals surface area (Å²) in [5.41, 5.74) is 11.6. The molecule has 1 saturated carbocycles. The second kappa shape index (κ2) is 4.86. The van der Waals surface area contributed by atoms with Gasteiger partial charge in [0.1, 0.15) is 0 Å². The summed E-state index contributed by atoms with van der Waals surface area (Å²) < 4.78 is 2.50. The van der Waals surface area contributed by atoms with Crippen LogP contribution >= 0.6 is 0 Å². The quantitative estimate of drug-likeness (QED) is 0.889. The first-order valence-corrected chi connectivity index (χ1v) is 7.15. The van der Waals surface area contributed by atoms with Crippen LogP contribution in [0.15, 0.2) is 36.4 Å². The van der Waals surface area contributed by atoms with Crippen molar-refractivity contribution in [3.8, 4) is 0 Å². The molecule has 100 valence electrons. The van der Waals surface area contributed by atoms with Gasteiger partial charge in [-0.25, -0.2) is 0 Å². The molecule has 0 aliphatic heterocycles. The predicted molar refractivity (Wildman–Crippen MR) is 79.5 cm³/mol. The van der Waals surface area contributed by atoms with Crippen LogP contribution in [0.3, 0.4) is 0 Å². The standard InChI is InChI=1S/C17H22N2/c1-12-10-16(13(2)19(12)15-8-9-15)17(11-18)14-6-4-3-5-7-14/h3-7,10,15,17H,8-9,11,18H2,1-2H3. The van der Waals surface area contributed by atoms with E-state index in [1.54, 1.807) is 0 Å². The van der Waals surface area contributed by atoms with E-state index in [1.165, 1.54) is 35.4 Å². The summed E-state index contributed by atoms with van der Waals surface area (Å²) in [6.45, 7) is 5.12. The van der Waals surface area contributed by atoms with Crippen molar-refractivity contribution in [1.82, 2.24) is 4.57 Å². The third kappa shape index (κ3) is 2.21. The first-order chi connectivity index (χ1) is 9.22. The minimum Gasteiger partial charge on any atom is -0.346 e. The van der Waals surface area contributed by atoms with Crippen LogP contribution in [-0.4, -0.2) is 11.1 Å². The molecule has 0 spiro atoms. The zero-order chi connectivity index (χ0) is 13.4. The van der Waals surface area contributed by atoms with Gasteiger partial charge in [0.2, 0.25) is 0 Å². The lowest BCUT2D eigenvalue weighted by Crippen LogP contribution is -2.14. The van der Waals surface area contributed by atoms with E-state index < -0.39 is 0 Å². The second-order valence-electron chi connectivity index (χ2n) is 5.63. The van der Waals surface area contributed by atoms with Crippen LogP contribution in [0.25, 0.3) is 0 Å². The maximum Gasteiger partial charge on any atom is 0.0337 e. The van der Waals surface area contributed by atoms with Gasteiger partial charge in [0.05, 0.1) is 0 Å². The summed E-state index contributed by atoms with van der Waals surface area (Å²) in [6.07, 6.45) is 2.66. The molecule has 1 atom stereocenters. The molecule has 19 heavy (non-hydrogen) atoms. The number of rotatable bonds is 4. The molecule has 1 aromatic heterocycles. The molecule has 1 heterocycles. The molecule has 2 N–H and O–H groups in total. The van der Waals surface area contributed by atoms with E-state index in [4.69, 9.17) is 5.73 Å². The molecular formula is C17H22N2. The van der Waals surface area contributed by atoms with Gasteiger partial charge in [-0.15, -0.1) is 0 Å². The Morgan fingerprint density at radius 1 is 1.21 bits per heavy atom. The Labute approximate surface area is 115 Å². The van der Waals surface area contributed by atoms with Crippen molar-refractivity contribution in [3.63, 3.8) is 0 Å². The highest BCUT2D eigenvalue weighted by molar-refractivity contribution is 5.39. The zero-order valence-electron chi connectivity index (χ0n) is 11.8. The van der Waals surface area contributed by atoms with Gasteiger partial charge >= 0.3 is 0 Å². The van der Waals surface area contributed by atoms with Crippen LogP contribution in [0.1, 0.15) is 47.3 Å². The van der Waals surface area contributed by atoms with E-state index in [9.17, 15) is 0 Å². The number of nitrogens with zero attached hydrogens (tertiary/aromatic N) is 1. The van der Waals surface area contributed by atoms with E-state index in [0.29, 0.717) is 12.5 Å². The summed E-state index contributed by atoms with van der Waals surface area (Å²) in [6, 6.07) is 13.7. The van der Waals surface area contributed by atoms with Crippen LogP contribution in [0.2, 0.25) is 0 Å². The van der Waals surface area contributed by atoms with Gasteiger partial charge in [0.15, 0.2) is 0 Å². The van der Waals surface area contributed by atoms with Crippen LogP contribution in [-0.2, 0) is 0 Å². The van der Waals surface area contributed by atoms with Crippen molar-refractivity contribution in [2.75, 3.05) is 6.54 Å². The monoisotopic (exact) mass is 254 g/mol. The molecular weight excluding hydrogens is 232 g/mol. The highest BCUT2D eigenvalue weighted by Crippen LogP contribution is 2.40. The summed E-state index contributed by atoms with van der Waals surface area (Å²) in [5, 5.41) is 0. The SMILES string of the molecule is Cc1cc(C(CN)c2ccccc2)c(C)n1C1CC1. The van der Waals surface area contributed by atoms with Gasteiger partial charge in [-0.05, 0) is 43.9 Å². The lowest BCUT2D eigenvalue weighted by molar-refractivity contribution is 0.689. The number of aryl methyl sites for hydroxylation is 1. The number of nitrogens with two attached hydrogens (primary N) is 1. The van der Waals surface area contributed by atoms with Crippen LogP contribution in [0, 0.1) is 13.8 Å². The Kier molecular flexibility index (Phi) is 3.19. The number of aromatic nitrogens is 1. The molecule has 2 heteroatoms. The maximum absolute atomic E-state index is 6.05. The molecule has 1 aliphatic carbocycles. The fraction of sp³-hybridized carbons (Fsp3) is 0.412. The predicted octanol–water partition coefficient (Wildman–Crippen LogP) is 3.53. The Bertz CT molecular complexity index is 564. The number of benzene rings is 1. The van der Waals surface area contributed by atoms with E-state index in [2.05, 4.69) is 54.8 Å². The molecule has 2 aromatic rings. The molecule has 1 unspecified atom stereocenters. The van der Waals surface area contributed by atoms with Gasteiger partial charge in [-0.1, -0.05) is 30.3 Å². The maximum atomic E-state index is 6.05. The van der Waals surface area contributed by atoms with Crippen molar-refractivity contribution in [2.45, 2.75) is 38.6 Å². The first kappa shape index (κ1) is 12.5. The van der Waals surface area contributed by atoms with Gasteiger partial charge in [0, 0.05) is 29.9 Å². The molecule has 0 bridgehead atoms. The topological polar surface area (TPSA) is 30.9 Å². The number of hydrogen-bond acceptors (Lipinski definition) is 1. The highest BCUT2D eigenvalue weighted by Gasteiger charge is 2.28. The lowest BCUT2D eigenvalue weighted by atomic mass is 9.91. The zero-order valence-corrected chi connectivity index (χ0v) is 11.8. The molecule has 0 saturated heterocycles. The van der Waals surface area contributed by atoms with Crippen LogP contribution < -0.4 is 5.73 Å². The third-order valence-electron chi connectivity index (χ3n) is 4.25. The summed E-state index contributed by atoms with van der Waals surface area (Å²) >= 11 is 0. The molecule has 0 radical (unpaired) electrons. The molecule has 1 aliphatic rings. The average Bonchev–Trinajstić information content (AvgIpc) is 3.20. The molecule has 1 aromatic carbocycles. The Morgan fingerprint density at radius 2 is 1.89 bits per heavy atom. The Morgan fingerprint density at radius 3 is 2.47 bits per heavy atom. The molecule has 3 rings (SSSR count). The van der Waals surface area contributed by atoms with Gasteiger partial charge in [-0.3, -0.25) is 0 Å². The van der Waals surface area contributed by atoms with Crippen molar-refractivity contribution >= 4 is 0 Å². The van der Waals surface area contributed by atoms with Gasteiger partial charge in [0.25, 0.3) is 0 Å². The fourth-order valence-corrected chi connectivity index (χ4v) is 3.18. The van der Waals surface area contributed by atoms with Crippen molar-refractivity contribution in [2.24, 2.45) is 5.73 Å². The number of hydrogen-bond donors (Lipinski definition) is 1. The van der Waals surface area contributed by atoms with E-state index >= 15 is 0 Å². The largest absolute Gasteiger partial charge is 0.346 e. The molecule has 0 amide bonds. The first-order valence-electron chi connectivity index (χ1n) is 7.15. The van der Waals surface area contributed by atoms with Crippen molar-refractivity contribution in [3.05, 3.63) is 58.9 Å². The normalized spacial score (nSPS) is 16.6. The van der Waals surface area contributed by atoms with E-state index in [-0.39, 0.29) is 0 Å². The minimum atomic E-state index is 0.319. The van der Waals surface area contributed by atoms with Crippen molar-refractivity contribution < 1.29 is 0 Å². The minimum absolute atomic E-state index is 0.319. The van der Waals surface area contributed by atoms with Crippen LogP contribution in [0.4, 0.5) is 0 Å².